The molecule has 0 saturated heterocycles. The molecule has 0 spiro atoms. The highest BCUT2D eigenvalue weighted by Gasteiger charge is 2.16. The highest BCUT2D eigenvalue weighted by Crippen LogP contribution is 2.25. The third-order valence-electron chi connectivity index (χ3n) is 3.60. The van der Waals surface area contributed by atoms with Crippen LogP contribution >= 0.6 is 0 Å². The van der Waals surface area contributed by atoms with E-state index < -0.39 is 0 Å². The first-order valence-electron chi connectivity index (χ1n) is 6.85. The first-order chi connectivity index (χ1) is 9.74. The SMILES string of the molecule is Cc1cccc2c1COC(=N[C@H](C)c1ccccc1)N2. The summed E-state index contributed by atoms with van der Waals surface area (Å²) in [4.78, 5) is 4.62. The lowest BCUT2D eigenvalue weighted by molar-refractivity contribution is 0.282. The van der Waals surface area contributed by atoms with Crippen molar-refractivity contribution in [1.29, 1.82) is 0 Å². The molecule has 0 unspecified atom stereocenters. The summed E-state index contributed by atoms with van der Waals surface area (Å²) in [7, 11) is 0. The Labute approximate surface area is 119 Å². The average Bonchev–Trinajstić information content (AvgIpc) is 2.48. The molecule has 0 radical (unpaired) electrons. The number of anilines is 1. The molecule has 3 nitrogen and oxygen atoms in total. The number of aliphatic imine (C=N–C) groups is 1. The van der Waals surface area contributed by atoms with E-state index in [0.29, 0.717) is 12.6 Å². The van der Waals surface area contributed by atoms with Crippen molar-refractivity contribution in [3.05, 3.63) is 65.2 Å². The van der Waals surface area contributed by atoms with E-state index >= 15 is 0 Å². The van der Waals surface area contributed by atoms with Gasteiger partial charge in [-0.3, -0.25) is 0 Å². The highest BCUT2D eigenvalue weighted by atomic mass is 16.5. The fraction of sp³-hybridized carbons (Fsp3) is 0.235. The van der Waals surface area contributed by atoms with E-state index in [-0.39, 0.29) is 6.04 Å². The minimum Gasteiger partial charge on any atom is -0.460 e. The summed E-state index contributed by atoms with van der Waals surface area (Å²) >= 11 is 0. The normalized spacial score (nSPS) is 17.0. The topological polar surface area (TPSA) is 33.6 Å². The smallest absolute Gasteiger partial charge is 0.290 e. The zero-order valence-electron chi connectivity index (χ0n) is 11.8. The molecule has 1 aliphatic heterocycles. The Morgan fingerprint density at radius 2 is 1.90 bits per heavy atom. The van der Waals surface area contributed by atoms with Crippen molar-refractivity contribution in [3.8, 4) is 0 Å². The summed E-state index contributed by atoms with van der Waals surface area (Å²) in [5.41, 5.74) is 4.72. The maximum Gasteiger partial charge on any atom is 0.290 e. The quantitative estimate of drug-likeness (QED) is 0.889. The first kappa shape index (κ1) is 12.7. The molecule has 102 valence electrons. The third-order valence-corrected chi connectivity index (χ3v) is 3.60. The number of benzene rings is 2. The minimum atomic E-state index is 0.0741. The van der Waals surface area contributed by atoms with Gasteiger partial charge in [0.2, 0.25) is 0 Å². The van der Waals surface area contributed by atoms with Gasteiger partial charge < -0.3 is 10.1 Å². The molecule has 0 aromatic heterocycles. The van der Waals surface area contributed by atoms with E-state index in [9.17, 15) is 0 Å². The fourth-order valence-electron chi connectivity index (χ4n) is 2.35. The molecule has 20 heavy (non-hydrogen) atoms. The predicted octanol–water partition coefficient (Wildman–Crippen LogP) is 4.05. The second-order valence-electron chi connectivity index (χ2n) is 5.04. The maximum atomic E-state index is 5.72. The Bertz CT molecular complexity index is 635. The fourth-order valence-corrected chi connectivity index (χ4v) is 2.35. The Balaban J connectivity index is 1.82. The number of fused-ring (bicyclic) bond motifs is 1. The van der Waals surface area contributed by atoms with E-state index in [1.54, 1.807) is 0 Å². The summed E-state index contributed by atoms with van der Waals surface area (Å²) in [6.07, 6.45) is 0. The van der Waals surface area contributed by atoms with E-state index in [2.05, 4.69) is 48.4 Å². The number of amidine groups is 1. The van der Waals surface area contributed by atoms with Gasteiger partial charge in [-0.2, -0.15) is 0 Å². The van der Waals surface area contributed by atoms with Crippen molar-refractivity contribution in [2.75, 3.05) is 5.32 Å². The molecule has 0 saturated carbocycles. The van der Waals surface area contributed by atoms with Crippen molar-refractivity contribution < 1.29 is 4.74 Å². The van der Waals surface area contributed by atoms with E-state index in [4.69, 9.17) is 4.74 Å². The predicted molar refractivity (Wildman–Crippen MR) is 81.9 cm³/mol. The molecule has 0 amide bonds. The lowest BCUT2D eigenvalue weighted by Crippen LogP contribution is -2.23. The number of hydrogen-bond donors (Lipinski definition) is 1. The van der Waals surface area contributed by atoms with Crippen molar-refractivity contribution in [2.24, 2.45) is 4.99 Å². The van der Waals surface area contributed by atoms with Crippen molar-refractivity contribution in [2.45, 2.75) is 26.5 Å². The van der Waals surface area contributed by atoms with Crippen LogP contribution in [0, 0.1) is 6.92 Å². The van der Waals surface area contributed by atoms with Crippen LogP contribution in [0.5, 0.6) is 0 Å². The summed E-state index contributed by atoms with van der Waals surface area (Å²) in [6.45, 7) is 4.74. The third kappa shape index (κ3) is 2.52. The van der Waals surface area contributed by atoms with Gasteiger partial charge in [0, 0.05) is 11.3 Å². The van der Waals surface area contributed by atoms with Gasteiger partial charge >= 0.3 is 0 Å². The summed E-state index contributed by atoms with van der Waals surface area (Å²) in [5.74, 6) is 0. The molecule has 2 aromatic carbocycles. The van der Waals surface area contributed by atoms with Crippen molar-refractivity contribution in [3.63, 3.8) is 0 Å². The zero-order valence-corrected chi connectivity index (χ0v) is 11.8. The Morgan fingerprint density at radius 3 is 2.70 bits per heavy atom. The van der Waals surface area contributed by atoms with Crippen LogP contribution in [0.3, 0.4) is 0 Å². The Hall–Kier alpha value is -2.29. The van der Waals surface area contributed by atoms with Gasteiger partial charge in [-0.15, -0.1) is 0 Å². The first-order valence-corrected chi connectivity index (χ1v) is 6.85. The van der Waals surface area contributed by atoms with Crippen LogP contribution in [0.4, 0.5) is 5.69 Å². The molecule has 3 rings (SSSR count). The van der Waals surface area contributed by atoms with Gasteiger partial charge in [0.25, 0.3) is 6.02 Å². The zero-order chi connectivity index (χ0) is 13.9. The molecule has 2 aromatic rings. The van der Waals surface area contributed by atoms with Gasteiger partial charge in [0.15, 0.2) is 0 Å². The number of hydrogen-bond acceptors (Lipinski definition) is 2. The summed E-state index contributed by atoms with van der Waals surface area (Å²) < 4.78 is 5.72. The van der Waals surface area contributed by atoms with Crippen LogP contribution in [0.15, 0.2) is 53.5 Å². The lowest BCUT2D eigenvalue weighted by atomic mass is 10.1. The largest absolute Gasteiger partial charge is 0.460 e. The highest BCUT2D eigenvalue weighted by molar-refractivity contribution is 5.91. The van der Waals surface area contributed by atoms with Crippen molar-refractivity contribution >= 4 is 11.7 Å². The monoisotopic (exact) mass is 266 g/mol. The molecule has 3 heteroatoms. The van der Waals surface area contributed by atoms with Crippen LogP contribution in [0.25, 0.3) is 0 Å². The van der Waals surface area contributed by atoms with E-state index in [0.717, 1.165) is 5.69 Å². The van der Waals surface area contributed by atoms with Crippen LogP contribution in [-0.4, -0.2) is 6.02 Å². The minimum absolute atomic E-state index is 0.0741. The number of rotatable bonds is 2. The van der Waals surface area contributed by atoms with Crippen LogP contribution in [0.1, 0.15) is 29.7 Å². The molecular formula is C17H18N2O. The van der Waals surface area contributed by atoms with Crippen LogP contribution in [0.2, 0.25) is 0 Å². The average molecular weight is 266 g/mol. The second kappa shape index (κ2) is 5.37. The van der Waals surface area contributed by atoms with E-state index in [1.807, 2.05) is 24.3 Å². The molecule has 1 atom stereocenters. The van der Waals surface area contributed by atoms with Crippen LogP contribution in [-0.2, 0) is 11.3 Å². The maximum absolute atomic E-state index is 5.72. The Kier molecular flexibility index (Phi) is 3.42. The molecule has 1 aliphatic rings. The number of nitrogens with one attached hydrogen (secondary N) is 1. The number of aryl methyl sites for hydroxylation is 1. The molecule has 0 fully saturated rings. The van der Waals surface area contributed by atoms with Crippen LogP contribution < -0.4 is 5.32 Å². The molecule has 0 bridgehead atoms. The summed E-state index contributed by atoms with van der Waals surface area (Å²) in [5, 5.41) is 3.27. The molecule has 1 N–H and O–H groups in total. The number of nitrogens with zero attached hydrogens (tertiary/aromatic N) is 1. The van der Waals surface area contributed by atoms with Gasteiger partial charge in [-0.05, 0) is 31.0 Å². The molecule has 0 aliphatic carbocycles. The number of ether oxygens (including phenoxy) is 1. The van der Waals surface area contributed by atoms with E-state index in [1.165, 1.54) is 16.7 Å². The van der Waals surface area contributed by atoms with Gasteiger partial charge in [-0.1, -0.05) is 42.5 Å². The molecular weight excluding hydrogens is 248 g/mol. The lowest BCUT2D eigenvalue weighted by Gasteiger charge is -2.23. The summed E-state index contributed by atoms with van der Waals surface area (Å²) in [6, 6.07) is 17.1. The van der Waals surface area contributed by atoms with Crippen molar-refractivity contribution in [1.82, 2.24) is 0 Å². The Morgan fingerprint density at radius 1 is 1.10 bits per heavy atom. The van der Waals surface area contributed by atoms with Gasteiger partial charge in [0.1, 0.15) is 6.61 Å². The van der Waals surface area contributed by atoms with Gasteiger partial charge in [-0.25, -0.2) is 4.99 Å². The van der Waals surface area contributed by atoms with Gasteiger partial charge in [0.05, 0.1) is 6.04 Å². The second-order valence-corrected chi connectivity index (χ2v) is 5.04. The molecule has 1 heterocycles. The standard InChI is InChI=1S/C17H18N2O/c1-12-7-6-10-16-15(12)11-20-17(19-16)18-13(2)14-8-4-3-5-9-14/h3-10,13H,11H2,1-2H3,(H,18,19)/t13-/m1/s1.